The maximum absolute atomic E-state index is 11.3. The zero-order valence-corrected chi connectivity index (χ0v) is 17.0. The lowest BCUT2D eigenvalue weighted by molar-refractivity contribution is -0.165. The van der Waals surface area contributed by atoms with Crippen molar-refractivity contribution < 1.29 is 5.11 Å². The van der Waals surface area contributed by atoms with Crippen molar-refractivity contribution in [1.29, 1.82) is 0 Å². The van der Waals surface area contributed by atoms with Crippen molar-refractivity contribution >= 4 is 12.6 Å². The number of rotatable bonds is 3. The van der Waals surface area contributed by atoms with Gasteiger partial charge < -0.3 is 10.4 Å². The molecule has 5 unspecified atom stereocenters. The fourth-order valence-electron chi connectivity index (χ4n) is 7.06. The summed E-state index contributed by atoms with van der Waals surface area (Å²) in [6.07, 6.45) is 10.6. The van der Waals surface area contributed by atoms with E-state index < -0.39 is 0 Å². The average Bonchev–Trinajstić information content (AvgIpc) is 2.65. The number of nitrogens with one attached hydrogen (secondary N) is 1. The molecule has 5 atom stereocenters. The fraction of sp³-hybridized carbons (Fsp3) is 0.905. The normalized spacial score (nSPS) is 44.9. The van der Waals surface area contributed by atoms with Gasteiger partial charge in [-0.2, -0.15) is 12.6 Å². The highest BCUT2D eigenvalue weighted by Gasteiger charge is 2.61. The van der Waals surface area contributed by atoms with Crippen LogP contribution in [-0.4, -0.2) is 30.6 Å². The molecule has 0 aromatic carbocycles. The molecule has 3 rings (SSSR count). The van der Waals surface area contributed by atoms with E-state index in [1.165, 1.54) is 31.3 Å². The number of aliphatic hydroxyl groups is 1. The van der Waals surface area contributed by atoms with Gasteiger partial charge in [0.1, 0.15) is 0 Å². The molecule has 0 aromatic rings. The van der Waals surface area contributed by atoms with Gasteiger partial charge in [-0.1, -0.05) is 38.8 Å². The molecule has 0 amide bonds. The Bertz CT molecular complexity index is 502. The van der Waals surface area contributed by atoms with Gasteiger partial charge in [0.2, 0.25) is 0 Å². The summed E-state index contributed by atoms with van der Waals surface area (Å²) in [7, 11) is 2.05. The number of allylic oxidation sites excluding steroid dienone is 1. The van der Waals surface area contributed by atoms with E-state index in [9.17, 15) is 5.11 Å². The Morgan fingerprint density at radius 1 is 1.21 bits per heavy atom. The van der Waals surface area contributed by atoms with Crippen LogP contribution in [0.15, 0.2) is 11.6 Å². The second-order valence-corrected chi connectivity index (χ2v) is 10.0. The van der Waals surface area contributed by atoms with Crippen molar-refractivity contribution in [3.63, 3.8) is 0 Å². The Morgan fingerprint density at radius 2 is 1.96 bits per heavy atom. The molecule has 24 heavy (non-hydrogen) atoms. The maximum Gasteiger partial charge on any atom is 0.0648 e. The van der Waals surface area contributed by atoms with Gasteiger partial charge in [-0.25, -0.2) is 0 Å². The van der Waals surface area contributed by atoms with Gasteiger partial charge in [-0.3, -0.25) is 0 Å². The lowest BCUT2D eigenvalue weighted by Gasteiger charge is -2.64. The molecule has 0 saturated heterocycles. The van der Waals surface area contributed by atoms with Crippen LogP contribution in [0.1, 0.15) is 65.7 Å². The first kappa shape index (κ1) is 18.8. The molecule has 138 valence electrons. The third kappa shape index (κ3) is 2.79. The van der Waals surface area contributed by atoms with E-state index in [1.807, 2.05) is 0 Å². The number of fused-ring (bicyclic) bond motifs is 3. The minimum Gasteiger partial charge on any atom is -0.392 e. The molecule has 3 aliphatic carbocycles. The topological polar surface area (TPSA) is 32.3 Å². The second kappa shape index (κ2) is 6.63. The molecule has 2 N–H and O–H groups in total. The zero-order chi connectivity index (χ0) is 17.6. The Hall–Kier alpha value is 0.01000. The van der Waals surface area contributed by atoms with Crippen LogP contribution in [0.3, 0.4) is 0 Å². The van der Waals surface area contributed by atoms with E-state index in [0.717, 1.165) is 37.5 Å². The summed E-state index contributed by atoms with van der Waals surface area (Å²) < 4.78 is 0. The van der Waals surface area contributed by atoms with Crippen molar-refractivity contribution in [2.24, 2.45) is 28.1 Å². The van der Waals surface area contributed by atoms with Gasteiger partial charge >= 0.3 is 0 Å². The lowest BCUT2D eigenvalue weighted by Crippen LogP contribution is -2.61. The summed E-state index contributed by atoms with van der Waals surface area (Å²) in [6.45, 7) is 8.47. The fourth-order valence-corrected chi connectivity index (χ4v) is 7.32. The molecule has 3 aliphatic rings. The average molecular weight is 352 g/mol. The molecule has 2 fully saturated rings. The van der Waals surface area contributed by atoms with Gasteiger partial charge in [-0.15, -0.1) is 0 Å². The van der Waals surface area contributed by atoms with Crippen LogP contribution < -0.4 is 5.32 Å². The monoisotopic (exact) mass is 351 g/mol. The zero-order valence-electron chi connectivity index (χ0n) is 16.1. The molecule has 2 saturated carbocycles. The standard InChI is InChI=1S/C21H37NOS/c1-19(2)9-5-10-20(3)16(19)8-11-21(14-22-4)17(20)7-6-15(13-24)12-18(21)23/h6,16-18,22-24H,5,7-14H2,1-4H3. The number of hydrogen-bond acceptors (Lipinski definition) is 3. The van der Waals surface area contributed by atoms with Gasteiger partial charge in [0.15, 0.2) is 0 Å². The van der Waals surface area contributed by atoms with Crippen molar-refractivity contribution in [2.75, 3.05) is 19.3 Å². The van der Waals surface area contributed by atoms with Crippen molar-refractivity contribution in [2.45, 2.75) is 71.8 Å². The number of hydrogen-bond donors (Lipinski definition) is 3. The van der Waals surface area contributed by atoms with Crippen LogP contribution in [0.25, 0.3) is 0 Å². The largest absolute Gasteiger partial charge is 0.392 e. The highest BCUT2D eigenvalue weighted by atomic mass is 32.1. The summed E-state index contributed by atoms with van der Waals surface area (Å²) in [6, 6.07) is 0. The van der Waals surface area contributed by atoms with E-state index in [2.05, 4.69) is 51.8 Å². The summed E-state index contributed by atoms with van der Waals surface area (Å²) in [5.41, 5.74) is 2.15. The first-order valence-corrected chi connectivity index (χ1v) is 10.5. The van der Waals surface area contributed by atoms with Gasteiger partial charge in [0.25, 0.3) is 0 Å². The predicted molar refractivity (Wildman–Crippen MR) is 105 cm³/mol. The van der Waals surface area contributed by atoms with Crippen molar-refractivity contribution in [1.82, 2.24) is 5.32 Å². The Balaban J connectivity index is 2.05. The molecule has 0 radical (unpaired) electrons. The third-order valence-electron chi connectivity index (χ3n) is 8.13. The Morgan fingerprint density at radius 3 is 2.62 bits per heavy atom. The quantitative estimate of drug-likeness (QED) is 0.518. The van der Waals surface area contributed by atoms with Crippen molar-refractivity contribution in [3.8, 4) is 0 Å². The van der Waals surface area contributed by atoms with Crippen LogP contribution in [0.4, 0.5) is 0 Å². The maximum atomic E-state index is 11.3. The predicted octanol–water partition coefficient (Wildman–Crippen LogP) is 4.45. The summed E-state index contributed by atoms with van der Waals surface area (Å²) >= 11 is 4.51. The van der Waals surface area contributed by atoms with E-state index in [-0.39, 0.29) is 11.5 Å². The third-order valence-corrected chi connectivity index (χ3v) is 8.54. The van der Waals surface area contributed by atoms with E-state index in [4.69, 9.17) is 0 Å². The molecular formula is C21H37NOS. The summed E-state index contributed by atoms with van der Waals surface area (Å²) in [4.78, 5) is 0. The van der Waals surface area contributed by atoms with Crippen molar-refractivity contribution in [3.05, 3.63) is 11.6 Å². The molecule has 0 heterocycles. The summed E-state index contributed by atoms with van der Waals surface area (Å²) in [5.74, 6) is 2.14. The molecule has 0 aromatic heterocycles. The molecule has 0 aliphatic heterocycles. The molecule has 3 heteroatoms. The minimum absolute atomic E-state index is 0.0224. The van der Waals surface area contributed by atoms with E-state index in [1.54, 1.807) is 0 Å². The van der Waals surface area contributed by atoms with Gasteiger partial charge in [0, 0.05) is 17.7 Å². The number of aliphatic hydroxyl groups excluding tert-OH is 1. The number of thiol groups is 1. The van der Waals surface area contributed by atoms with Crippen LogP contribution in [0.5, 0.6) is 0 Å². The highest BCUT2D eigenvalue weighted by Crippen LogP contribution is 2.66. The second-order valence-electron chi connectivity index (χ2n) is 9.73. The molecule has 0 bridgehead atoms. The summed E-state index contributed by atoms with van der Waals surface area (Å²) in [5, 5.41) is 14.7. The van der Waals surface area contributed by atoms with Crippen LogP contribution in [0.2, 0.25) is 0 Å². The van der Waals surface area contributed by atoms with E-state index >= 15 is 0 Å². The molecule has 0 spiro atoms. The Labute approximate surface area is 154 Å². The first-order chi connectivity index (χ1) is 11.3. The molecule has 2 nitrogen and oxygen atoms in total. The van der Waals surface area contributed by atoms with Gasteiger partial charge in [-0.05, 0) is 68.2 Å². The van der Waals surface area contributed by atoms with Crippen LogP contribution in [-0.2, 0) is 0 Å². The lowest BCUT2D eigenvalue weighted by atomic mass is 9.42. The van der Waals surface area contributed by atoms with Crippen LogP contribution in [0, 0.1) is 28.1 Å². The molecular weight excluding hydrogens is 314 g/mol. The van der Waals surface area contributed by atoms with E-state index in [0.29, 0.717) is 16.7 Å². The van der Waals surface area contributed by atoms with Gasteiger partial charge in [0.05, 0.1) is 6.10 Å². The minimum atomic E-state index is -0.237. The Kier molecular flexibility index (Phi) is 5.19. The van der Waals surface area contributed by atoms with Crippen LogP contribution >= 0.6 is 12.6 Å². The first-order valence-electron chi connectivity index (χ1n) is 9.91. The smallest absolute Gasteiger partial charge is 0.0648 e. The SMILES string of the molecule is CNCC12CCC3C(C)(C)CCCC3(C)C1CC=C(CS)CC2O. The highest BCUT2D eigenvalue weighted by molar-refractivity contribution is 7.80.